The van der Waals surface area contributed by atoms with E-state index in [0.717, 1.165) is 42.7 Å². The summed E-state index contributed by atoms with van der Waals surface area (Å²) in [5, 5.41) is 3.15. The Morgan fingerprint density at radius 3 is 2.96 bits per heavy atom. The van der Waals surface area contributed by atoms with Gasteiger partial charge in [-0.1, -0.05) is 13.0 Å². The predicted octanol–water partition coefficient (Wildman–Crippen LogP) is 3.60. The molecule has 1 aromatic carbocycles. The number of aromatic nitrogens is 1. The molecule has 1 saturated carbocycles. The number of nitrogens with zero attached hydrogens (tertiary/aromatic N) is 1. The molecule has 0 saturated heterocycles. The minimum atomic E-state index is -0.0204. The van der Waals surface area contributed by atoms with Gasteiger partial charge in [0.2, 0.25) is 0 Å². The zero-order chi connectivity index (χ0) is 16.5. The lowest BCUT2D eigenvalue weighted by molar-refractivity contribution is 0.0937. The quantitative estimate of drug-likeness (QED) is 0.939. The van der Waals surface area contributed by atoms with Gasteiger partial charge in [-0.25, -0.2) is 0 Å². The molecule has 2 aliphatic rings. The van der Waals surface area contributed by atoms with Gasteiger partial charge in [0.1, 0.15) is 5.75 Å². The van der Waals surface area contributed by atoms with Gasteiger partial charge in [-0.2, -0.15) is 0 Å². The smallest absolute Gasteiger partial charge is 0.253 e. The summed E-state index contributed by atoms with van der Waals surface area (Å²) in [6.45, 7) is 2.99. The molecular weight excluding hydrogens is 300 g/mol. The van der Waals surface area contributed by atoms with Gasteiger partial charge < -0.3 is 10.1 Å². The largest absolute Gasteiger partial charge is 0.493 e. The van der Waals surface area contributed by atoms with E-state index in [2.05, 4.69) is 23.3 Å². The summed E-state index contributed by atoms with van der Waals surface area (Å²) in [6, 6.07) is 8.40. The van der Waals surface area contributed by atoms with Crippen LogP contribution >= 0.6 is 0 Å². The van der Waals surface area contributed by atoms with Crippen molar-refractivity contribution in [2.24, 2.45) is 5.92 Å². The lowest BCUT2D eigenvalue weighted by atomic mass is 10.0. The number of benzene rings is 1. The monoisotopic (exact) mass is 322 g/mol. The van der Waals surface area contributed by atoms with Crippen molar-refractivity contribution in [2.45, 2.75) is 38.6 Å². The summed E-state index contributed by atoms with van der Waals surface area (Å²) in [7, 11) is 0. The minimum absolute atomic E-state index is 0.0204. The maximum absolute atomic E-state index is 12.5. The average molecular weight is 322 g/mol. The predicted molar refractivity (Wildman–Crippen MR) is 93.1 cm³/mol. The maximum atomic E-state index is 12.5. The van der Waals surface area contributed by atoms with Crippen LogP contribution in [0.5, 0.6) is 5.75 Å². The molecule has 0 bridgehead atoms. The first-order valence-corrected chi connectivity index (χ1v) is 8.71. The number of amides is 1. The van der Waals surface area contributed by atoms with Gasteiger partial charge in [-0.3, -0.25) is 9.78 Å². The molecule has 0 radical (unpaired) electrons. The summed E-state index contributed by atoms with van der Waals surface area (Å²) in [6.07, 6.45) is 7.74. The van der Waals surface area contributed by atoms with Crippen molar-refractivity contribution in [2.75, 3.05) is 6.61 Å². The Morgan fingerprint density at radius 1 is 1.21 bits per heavy atom. The Morgan fingerprint density at radius 2 is 2.12 bits per heavy atom. The topological polar surface area (TPSA) is 51.2 Å². The van der Waals surface area contributed by atoms with Crippen molar-refractivity contribution in [3.05, 3.63) is 47.8 Å². The third-order valence-corrected chi connectivity index (χ3v) is 5.05. The van der Waals surface area contributed by atoms with Crippen LogP contribution < -0.4 is 10.1 Å². The number of pyridine rings is 1. The zero-order valence-electron chi connectivity index (χ0n) is 13.9. The van der Waals surface area contributed by atoms with Crippen molar-refractivity contribution in [1.82, 2.24) is 10.3 Å². The highest BCUT2D eigenvalue weighted by Gasteiger charge is 2.23. The van der Waals surface area contributed by atoms with E-state index in [1.54, 1.807) is 6.20 Å². The van der Waals surface area contributed by atoms with Crippen molar-refractivity contribution in [3.8, 4) is 16.9 Å². The van der Waals surface area contributed by atoms with Crippen LogP contribution in [0, 0.1) is 5.92 Å². The van der Waals surface area contributed by atoms with Crippen molar-refractivity contribution in [1.29, 1.82) is 0 Å². The standard InChI is InChI=1S/C20H22N2O2/c1-13-2-4-18(8-13)22-20(23)17-10-16(11-21-12-17)14-3-5-19-15(9-14)6-7-24-19/h3,5,9-13,18H,2,4,6-8H2,1H3,(H,22,23). The van der Waals surface area contributed by atoms with E-state index in [0.29, 0.717) is 17.5 Å². The van der Waals surface area contributed by atoms with E-state index in [1.165, 1.54) is 12.0 Å². The fourth-order valence-corrected chi connectivity index (χ4v) is 3.70. The molecular formula is C20H22N2O2. The number of rotatable bonds is 3. The van der Waals surface area contributed by atoms with Crippen LogP contribution in [0.2, 0.25) is 0 Å². The highest BCUT2D eigenvalue weighted by atomic mass is 16.5. The second-order valence-electron chi connectivity index (χ2n) is 6.97. The number of carbonyl (C=O) groups is 1. The van der Waals surface area contributed by atoms with Crippen LogP contribution in [0.15, 0.2) is 36.7 Å². The van der Waals surface area contributed by atoms with Crippen molar-refractivity contribution < 1.29 is 9.53 Å². The van der Waals surface area contributed by atoms with Crippen LogP contribution in [0.4, 0.5) is 0 Å². The maximum Gasteiger partial charge on any atom is 0.253 e. The number of hydrogen-bond donors (Lipinski definition) is 1. The molecule has 1 fully saturated rings. The molecule has 124 valence electrons. The van der Waals surface area contributed by atoms with Crippen molar-refractivity contribution >= 4 is 5.91 Å². The third-order valence-electron chi connectivity index (χ3n) is 5.05. The Labute approximate surface area is 142 Å². The summed E-state index contributed by atoms with van der Waals surface area (Å²) in [5.74, 6) is 1.65. The molecule has 2 atom stereocenters. The summed E-state index contributed by atoms with van der Waals surface area (Å²) in [4.78, 5) is 16.8. The minimum Gasteiger partial charge on any atom is -0.493 e. The molecule has 4 heteroatoms. The van der Waals surface area contributed by atoms with Crippen LogP contribution in [-0.4, -0.2) is 23.5 Å². The van der Waals surface area contributed by atoms with E-state index in [-0.39, 0.29) is 5.91 Å². The Balaban J connectivity index is 1.54. The average Bonchev–Trinajstić information content (AvgIpc) is 3.23. The van der Waals surface area contributed by atoms with Gasteiger partial charge in [-0.15, -0.1) is 0 Å². The molecule has 24 heavy (non-hydrogen) atoms. The first-order valence-electron chi connectivity index (χ1n) is 8.71. The molecule has 4 nitrogen and oxygen atoms in total. The second-order valence-corrected chi connectivity index (χ2v) is 6.97. The second kappa shape index (κ2) is 6.27. The van der Waals surface area contributed by atoms with Crippen LogP contribution in [0.25, 0.3) is 11.1 Å². The van der Waals surface area contributed by atoms with Gasteiger partial charge in [0.25, 0.3) is 5.91 Å². The molecule has 1 amide bonds. The Bertz CT molecular complexity index is 772. The lowest BCUT2D eigenvalue weighted by Crippen LogP contribution is -2.32. The molecule has 2 heterocycles. The normalized spacial score (nSPS) is 22.0. The van der Waals surface area contributed by atoms with Gasteiger partial charge >= 0.3 is 0 Å². The number of nitrogens with one attached hydrogen (secondary N) is 1. The van der Waals surface area contributed by atoms with E-state index in [1.807, 2.05) is 24.4 Å². The summed E-state index contributed by atoms with van der Waals surface area (Å²) in [5.41, 5.74) is 3.90. The van der Waals surface area contributed by atoms with Gasteiger partial charge in [0.05, 0.1) is 12.2 Å². The van der Waals surface area contributed by atoms with Gasteiger partial charge in [0, 0.05) is 30.4 Å². The van der Waals surface area contributed by atoms with Crippen molar-refractivity contribution in [3.63, 3.8) is 0 Å². The van der Waals surface area contributed by atoms with Gasteiger partial charge in [0.15, 0.2) is 0 Å². The SMILES string of the molecule is CC1CCC(NC(=O)c2cncc(-c3ccc4c(c3)CCO4)c2)C1. The Hall–Kier alpha value is -2.36. The highest BCUT2D eigenvalue weighted by molar-refractivity contribution is 5.95. The van der Waals surface area contributed by atoms with Crippen LogP contribution in [-0.2, 0) is 6.42 Å². The molecule has 1 aliphatic heterocycles. The fraction of sp³-hybridized carbons (Fsp3) is 0.400. The molecule has 2 unspecified atom stereocenters. The molecule has 1 aromatic heterocycles. The molecule has 1 aliphatic carbocycles. The fourth-order valence-electron chi connectivity index (χ4n) is 3.70. The number of carbonyl (C=O) groups excluding carboxylic acids is 1. The van der Waals surface area contributed by atoms with Crippen LogP contribution in [0.3, 0.4) is 0 Å². The molecule has 4 rings (SSSR count). The third kappa shape index (κ3) is 3.01. The van der Waals surface area contributed by atoms with Crippen LogP contribution in [0.1, 0.15) is 42.1 Å². The number of fused-ring (bicyclic) bond motifs is 1. The first-order chi connectivity index (χ1) is 11.7. The first kappa shape index (κ1) is 15.2. The van der Waals surface area contributed by atoms with E-state index >= 15 is 0 Å². The number of ether oxygens (including phenoxy) is 1. The van der Waals surface area contributed by atoms with E-state index < -0.39 is 0 Å². The van der Waals surface area contributed by atoms with E-state index in [4.69, 9.17) is 4.74 Å². The highest BCUT2D eigenvalue weighted by Crippen LogP contribution is 2.30. The number of hydrogen-bond acceptors (Lipinski definition) is 3. The van der Waals surface area contributed by atoms with Gasteiger partial charge in [-0.05, 0) is 54.5 Å². The molecule has 2 aromatic rings. The summed E-state index contributed by atoms with van der Waals surface area (Å²) < 4.78 is 5.55. The molecule has 1 N–H and O–H groups in total. The Kier molecular flexibility index (Phi) is 3.97. The summed E-state index contributed by atoms with van der Waals surface area (Å²) >= 11 is 0. The lowest BCUT2D eigenvalue weighted by Gasteiger charge is -2.13. The molecule has 0 spiro atoms. The zero-order valence-corrected chi connectivity index (χ0v) is 13.9. The van der Waals surface area contributed by atoms with E-state index in [9.17, 15) is 4.79 Å².